The summed E-state index contributed by atoms with van der Waals surface area (Å²) >= 11 is 7.87. The molecular weight excluding hydrogens is 304 g/mol. The number of aromatic nitrogens is 1. The number of rotatable bonds is 1. The van der Waals surface area contributed by atoms with E-state index in [9.17, 15) is 0 Å². The molecule has 0 spiro atoms. The number of halogens is 2. The Hall–Kier alpha value is 0.0900. The molecule has 0 bridgehead atoms. The van der Waals surface area contributed by atoms with Gasteiger partial charge in [0.25, 0.3) is 0 Å². The second-order valence-electron chi connectivity index (χ2n) is 2.71. The van der Waals surface area contributed by atoms with Crippen molar-refractivity contribution < 1.29 is 10.2 Å². The maximum absolute atomic E-state index is 9.03. The Balaban J connectivity index is 3.44. The normalized spacial score (nSPS) is 11.0. The van der Waals surface area contributed by atoms with Crippen molar-refractivity contribution in [3.8, 4) is 0 Å². The predicted molar refractivity (Wildman–Crippen MR) is 58.6 cm³/mol. The molecule has 1 aromatic heterocycles. The average molecular weight is 314 g/mol. The van der Waals surface area contributed by atoms with Crippen molar-refractivity contribution >= 4 is 34.2 Å². The van der Waals surface area contributed by atoms with Crippen LogP contribution in [-0.4, -0.2) is 15.2 Å². The van der Waals surface area contributed by atoms with Crippen molar-refractivity contribution in [1.29, 1.82) is 0 Å². The first kappa shape index (κ1) is 11.2. The average Bonchev–Trinajstić information content (AvgIpc) is 1.99. The fraction of sp³-hybridized carbons (Fsp3) is 0.375. The van der Waals surface area contributed by atoms with Crippen LogP contribution in [0.1, 0.15) is 23.1 Å². The molecule has 3 nitrogen and oxygen atoms in total. The molecule has 0 aliphatic rings. The van der Waals surface area contributed by atoms with E-state index in [4.69, 9.17) is 21.8 Å². The molecule has 0 aromatic carbocycles. The van der Waals surface area contributed by atoms with Crippen molar-refractivity contribution in [3.05, 3.63) is 25.5 Å². The zero-order chi connectivity index (χ0) is 10.2. The predicted octanol–water partition coefficient (Wildman–Crippen LogP) is 1.94. The molecule has 1 aromatic rings. The zero-order valence-corrected chi connectivity index (χ0v) is 10.1. The van der Waals surface area contributed by atoms with Gasteiger partial charge in [-0.3, -0.25) is 0 Å². The van der Waals surface area contributed by atoms with Crippen LogP contribution in [0.15, 0.2) is 0 Å². The number of nitrogens with zero attached hydrogens (tertiary/aromatic N) is 1. The highest BCUT2D eigenvalue weighted by molar-refractivity contribution is 14.1. The maximum Gasteiger partial charge on any atom is 0.181 e. The summed E-state index contributed by atoms with van der Waals surface area (Å²) < 4.78 is 0.908. The first-order valence-corrected chi connectivity index (χ1v) is 5.09. The van der Waals surface area contributed by atoms with Crippen LogP contribution >= 0.6 is 34.2 Å². The largest absolute Gasteiger partial charge is 0.364 e. The van der Waals surface area contributed by atoms with Crippen LogP contribution in [0.4, 0.5) is 0 Å². The first-order valence-electron chi connectivity index (χ1n) is 3.63. The van der Waals surface area contributed by atoms with Gasteiger partial charge in [0.1, 0.15) is 5.15 Å². The van der Waals surface area contributed by atoms with Crippen molar-refractivity contribution in [3.63, 3.8) is 0 Å². The van der Waals surface area contributed by atoms with Gasteiger partial charge in [0.05, 0.1) is 5.69 Å². The van der Waals surface area contributed by atoms with Gasteiger partial charge in [-0.15, -0.1) is 0 Å². The Morgan fingerprint density at radius 2 is 1.92 bits per heavy atom. The molecule has 0 saturated carbocycles. The minimum absolute atomic E-state index is 0.158. The van der Waals surface area contributed by atoms with Crippen LogP contribution in [0, 0.1) is 17.4 Å². The number of pyridine rings is 1. The molecule has 13 heavy (non-hydrogen) atoms. The quantitative estimate of drug-likeness (QED) is 0.473. The highest BCUT2D eigenvalue weighted by Crippen LogP contribution is 2.28. The molecule has 0 saturated heterocycles. The van der Waals surface area contributed by atoms with Crippen molar-refractivity contribution in [2.75, 3.05) is 0 Å². The molecule has 1 rings (SSSR count). The van der Waals surface area contributed by atoms with Crippen molar-refractivity contribution in [2.45, 2.75) is 20.1 Å². The highest BCUT2D eigenvalue weighted by Gasteiger charge is 2.16. The standard InChI is InChI=1S/C8H9ClINO2/c1-3-5(8(12)13)7(9)11-4(2)6(3)10/h8,12-13H,1-2H3. The lowest BCUT2D eigenvalue weighted by Gasteiger charge is -2.12. The topological polar surface area (TPSA) is 53.4 Å². The van der Waals surface area contributed by atoms with Crippen LogP contribution in [-0.2, 0) is 0 Å². The summed E-state index contributed by atoms with van der Waals surface area (Å²) in [7, 11) is 0. The van der Waals surface area contributed by atoms with E-state index in [0.717, 1.165) is 14.8 Å². The third-order valence-electron chi connectivity index (χ3n) is 1.80. The second kappa shape index (κ2) is 4.08. The first-order chi connectivity index (χ1) is 5.95. The van der Waals surface area contributed by atoms with Gasteiger partial charge >= 0.3 is 0 Å². The van der Waals surface area contributed by atoms with Crippen LogP contribution in [0.5, 0.6) is 0 Å². The van der Waals surface area contributed by atoms with E-state index in [1.165, 1.54) is 0 Å². The fourth-order valence-electron chi connectivity index (χ4n) is 1.10. The van der Waals surface area contributed by atoms with E-state index in [1.54, 1.807) is 6.92 Å². The molecule has 0 fully saturated rings. The molecular formula is C8H9ClINO2. The molecule has 0 amide bonds. The van der Waals surface area contributed by atoms with Gasteiger partial charge in [-0.05, 0) is 42.0 Å². The van der Waals surface area contributed by atoms with Gasteiger partial charge in [0.15, 0.2) is 6.29 Å². The minimum atomic E-state index is -1.56. The van der Waals surface area contributed by atoms with Crippen LogP contribution < -0.4 is 0 Å². The number of hydrogen-bond donors (Lipinski definition) is 2. The van der Waals surface area contributed by atoms with Gasteiger partial charge < -0.3 is 10.2 Å². The molecule has 0 radical (unpaired) electrons. The number of aliphatic hydroxyl groups is 2. The third kappa shape index (κ3) is 2.12. The number of aryl methyl sites for hydroxylation is 1. The molecule has 72 valence electrons. The molecule has 1 heterocycles. The van der Waals surface area contributed by atoms with Crippen LogP contribution in [0.3, 0.4) is 0 Å². The molecule has 0 atom stereocenters. The molecule has 0 unspecified atom stereocenters. The van der Waals surface area contributed by atoms with E-state index in [1.807, 2.05) is 6.92 Å². The molecule has 2 N–H and O–H groups in total. The van der Waals surface area contributed by atoms with Gasteiger partial charge in [-0.25, -0.2) is 4.98 Å². The summed E-state index contributed by atoms with van der Waals surface area (Å²) in [5, 5.41) is 18.2. The van der Waals surface area contributed by atoms with E-state index in [2.05, 4.69) is 27.6 Å². The Labute approximate surface area is 94.9 Å². The van der Waals surface area contributed by atoms with Crippen molar-refractivity contribution in [1.82, 2.24) is 4.98 Å². The minimum Gasteiger partial charge on any atom is -0.364 e. The second-order valence-corrected chi connectivity index (χ2v) is 4.15. The van der Waals surface area contributed by atoms with Gasteiger partial charge in [0, 0.05) is 9.13 Å². The van der Waals surface area contributed by atoms with Crippen LogP contribution in [0.2, 0.25) is 5.15 Å². The molecule has 0 aliphatic heterocycles. The smallest absolute Gasteiger partial charge is 0.181 e. The highest BCUT2D eigenvalue weighted by atomic mass is 127. The molecule has 0 aliphatic carbocycles. The van der Waals surface area contributed by atoms with E-state index < -0.39 is 6.29 Å². The monoisotopic (exact) mass is 313 g/mol. The lowest BCUT2D eigenvalue weighted by Crippen LogP contribution is -2.05. The third-order valence-corrected chi connectivity index (χ3v) is 3.67. The summed E-state index contributed by atoms with van der Waals surface area (Å²) in [6.45, 7) is 3.62. The summed E-state index contributed by atoms with van der Waals surface area (Å²) in [4.78, 5) is 3.99. The summed E-state index contributed by atoms with van der Waals surface area (Å²) in [5.41, 5.74) is 1.86. The Kier molecular flexibility index (Phi) is 3.50. The van der Waals surface area contributed by atoms with Gasteiger partial charge in [-0.2, -0.15) is 0 Å². The van der Waals surface area contributed by atoms with E-state index >= 15 is 0 Å². The van der Waals surface area contributed by atoms with E-state index in [-0.39, 0.29) is 10.7 Å². The maximum atomic E-state index is 9.03. The number of aliphatic hydroxyl groups excluding tert-OH is 1. The van der Waals surface area contributed by atoms with Crippen LogP contribution in [0.25, 0.3) is 0 Å². The van der Waals surface area contributed by atoms with Gasteiger partial charge in [-0.1, -0.05) is 11.6 Å². The molecule has 5 heteroatoms. The number of hydrogen-bond acceptors (Lipinski definition) is 3. The Bertz CT molecular complexity index is 341. The van der Waals surface area contributed by atoms with E-state index in [0.29, 0.717) is 0 Å². The SMILES string of the molecule is Cc1nc(Cl)c(C(O)O)c(C)c1I. The summed E-state index contributed by atoms with van der Waals surface area (Å²) in [6.07, 6.45) is -1.56. The van der Waals surface area contributed by atoms with Crippen molar-refractivity contribution in [2.24, 2.45) is 0 Å². The summed E-state index contributed by atoms with van der Waals surface area (Å²) in [6, 6.07) is 0. The lowest BCUT2D eigenvalue weighted by molar-refractivity contribution is -0.0431. The fourth-order valence-corrected chi connectivity index (χ4v) is 1.88. The van der Waals surface area contributed by atoms with Gasteiger partial charge in [0.2, 0.25) is 0 Å². The zero-order valence-electron chi connectivity index (χ0n) is 7.17. The Morgan fingerprint density at radius 1 is 1.38 bits per heavy atom. The Morgan fingerprint density at radius 3 is 2.38 bits per heavy atom. The lowest BCUT2D eigenvalue weighted by atomic mass is 10.1. The summed E-state index contributed by atoms with van der Waals surface area (Å²) in [5.74, 6) is 0.